The van der Waals surface area contributed by atoms with Crippen LogP contribution in [0.1, 0.15) is 56.7 Å². The molecule has 0 saturated carbocycles. The van der Waals surface area contributed by atoms with Gasteiger partial charge in [-0.2, -0.15) is 0 Å². The van der Waals surface area contributed by atoms with E-state index in [0.29, 0.717) is 6.54 Å². The van der Waals surface area contributed by atoms with E-state index >= 15 is 0 Å². The molecule has 4 nitrogen and oxygen atoms in total. The maximum atomic E-state index is 12.3. The zero-order valence-electron chi connectivity index (χ0n) is 18.0. The van der Waals surface area contributed by atoms with Gasteiger partial charge < -0.3 is 10.1 Å². The SMILES string of the molecule is CC(C)(C)c1ccc(OCC(=O)NCc2ccccc2CN2CCCCC2)cc1. The maximum absolute atomic E-state index is 12.3. The van der Waals surface area contributed by atoms with Gasteiger partial charge in [0.2, 0.25) is 0 Å². The molecule has 0 spiro atoms. The van der Waals surface area contributed by atoms with Crippen LogP contribution in [-0.4, -0.2) is 30.5 Å². The highest BCUT2D eigenvalue weighted by atomic mass is 16.5. The molecule has 2 aromatic rings. The van der Waals surface area contributed by atoms with Crippen molar-refractivity contribution >= 4 is 5.91 Å². The minimum Gasteiger partial charge on any atom is -0.484 e. The lowest BCUT2D eigenvalue weighted by Gasteiger charge is -2.27. The van der Waals surface area contributed by atoms with Crippen molar-refractivity contribution in [3.63, 3.8) is 0 Å². The highest BCUT2D eigenvalue weighted by Gasteiger charge is 2.14. The first kappa shape index (κ1) is 21.4. The summed E-state index contributed by atoms with van der Waals surface area (Å²) >= 11 is 0. The van der Waals surface area contributed by atoms with Crippen LogP contribution in [0.5, 0.6) is 5.75 Å². The zero-order chi connectivity index (χ0) is 20.7. The molecule has 0 aliphatic carbocycles. The van der Waals surface area contributed by atoms with Crippen LogP contribution in [0.2, 0.25) is 0 Å². The smallest absolute Gasteiger partial charge is 0.258 e. The number of ether oxygens (including phenoxy) is 1. The number of rotatable bonds is 7. The van der Waals surface area contributed by atoms with Gasteiger partial charge in [-0.25, -0.2) is 0 Å². The van der Waals surface area contributed by atoms with Crippen LogP contribution in [0, 0.1) is 0 Å². The molecule has 1 aliphatic heterocycles. The molecular formula is C25H34N2O2. The van der Waals surface area contributed by atoms with Crippen LogP contribution in [0.25, 0.3) is 0 Å². The number of hydrogen-bond donors (Lipinski definition) is 1. The lowest BCUT2D eigenvalue weighted by Crippen LogP contribution is -2.31. The van der Waals surface area contributed by atoms with E-state index in [1.165, 1.54) is 49.0 Å². The number of piperidine rings is 1. The van der Waals surface area contributed by atoms with Gasteiger partial charge in [-0.15, -0.1) is 0 Å². The van der Waals surface area contributed by atoms with Gasteiger partial charge in [-0.3, -0.25) is 9.69 Å². The second kappa shape index (κ2) is 9.93. The molecule has 156 valence electrons. The topological polar surface area (TPSA) is 41.6 Å². The molecule has 0 bridgehead atoms. The Balaban J connectivity index is 1.48. The zero-order valence-corrected chi connectivity index (χ0v) is 18.0. The van der Waals surface area contributed by atoms with Crippen LogP contribution in [0.4, 0.5) is 0 Å². The number of benzene rings is 2. The summed E-state index contributed by atoms with van der Waals surface area (Å²) in [5.74, 6) is 0.622. The van der Waals surface area contributed by atoms with E-state index in [9.17, 15) is 4.79 Å². The number of nitrogens with zero attached hydrogens (tertiary/aromatic N) is 1. The molecule has 3 rings (SSSR count). The summed E-state index contributed by atoms with van der Waals surface area (Å²) in [5.41, 5.74) is 3.84. The van der Waals surface area contributed by atoms with Crippen molar-refractivity contribution in [1.82, 2.24) is 10.2 Å². The van der Waals surface area contributed by atoms with Crippen LogP contribution < -0.4 is 10.1 Å². The summed E-state index contributed by atoms with van der Waals surface area (Å²) in [6.07, 6.45) is 3.91. The molecule has 1 saturated heterocycles. The van der Waals surface area contributed by atoms with Crippen molar-refractivity contribution in [3.05, 3.63) is 65.2 Å². The summed E-state index contributed by atoms with van der Waals surface area (Å²) in [6.45, 7) is 10.4. The third kappa shape index (κ3) is 6.60. The van der Waals surface area contributed by atoms with E-state index in [0.717, 1.165) is 12.3 Å². The fourth-order valence-corrected chi connectivity index (χ4v) is 3.69. The normalized spacial score (nSPS) is 15.1. The monoisotopic (exact) mass is 394 g/mol. The second-order valence-corrected chi connectivity index (χ2v) is 8.95. The van der Waals surface area contributed by atoms with Gasteiger partial charge in [0.25, 0.3) is 5.91 Å². The first-order valence-corrected chi connectivity index (χ1v) is 10.7. The minimum atomic E-state index is -0.0994. The van der Waals surface area contributed by atoms with Gasteiger partial charge in [-0.1, -0.05) is 63.6 Å². The highest BCUT2D eigenvalue weighted by molar-refractivity contribution is 5.77. The Morgan fingerprint density at radius 1 is 0.966 bits per heavy atom. The van der Waals surface area contributed by atoms with E-state index in [1.807, 2.05) is 18.2 Å². The molecule has 2 aromatic carbocycles. The number of carbonyl (C=O) groups is 1. The molecule has 1 amide bonds. The van der Waals surface area contributed by atoms with E-state index < -0.39 is 0 Å². The van der Waals surface area contributed by atoms with Gasteiger partial charge >= 0.3 is 0 Å². The number of carbonyl (C=O) groups excluding carboxylic acids is 1. The molecule has 0 atom stereocenters. The Bertz CT molecular complexity index is 787. The summed E-state index contributed by atoms with van der Waals surface area (Å²) in [5, 5.41) is 3.00. The standard InChI is InChI=1S/C25H34N2O2/c1-25(2,3)22-11-13-23(14-12-22)29-19-24(28)26-17-20-9-5-6-10-21(20)18-27-15-7-4-8-16-27/h5-6,9-14H,4,7-8,15-19H2,1-3H3,(H,26,28). The average Bonchev–Trinajstić information content (AvgIpc) is 2.72. The van der Waals surface area contributed by atoms with Crippen molar-refractivity contribution in [3.8, 4) is 5.75 Å². The molecule has 1 heterocycles. The Morgan fingerprint density at radius 3 is 2.28 bits per heavy atom. The summed E-state index contributed by atoms with van der Waals surface area (Å²) < 4.78 is 5.66. The molecule has 0 radical (unpaired) electrons. The predicted molar refractivity (Wildman–Crippen MR) is 118 cm³/mol. The molecule has 1 N–H and O–H groups in total. The fourth-order valence-electron chi connectivity index (χ4n) is 3.69. The Morgan fingerprint density at radius 2 is 1.62 bits per heavy atom. The highest BCUT2D eigenvalue weighted by Crippen LogP contribution is 2.24. The lowest BCUT2D eigenvalue weighted by atomic mass is 9.87. The quantitative estimate of drug-likeness (QED) is 0.742. The van der Waals surface area contributed by atoms with Crippen LogP contribution in [-0.2, 0) is 23.3 Å². The van der Waals surface area contributed by atoms with E-state index in [1.54, 1.807) is 0 Å². The van der Waals surface area contributed by atoms with Gasteiger partial charge in [0.1, 0.15) is 5.75 Å². The average molecular weight is 395 g/mol. The van der Waals surface area contributed by atoms with E-state index in [-0.39, 0.29) is 17.9 Å². The van der Waals surface area contributed by atoms with Crippen LogP contribution in [0.3, 0.4) is 0 Å². The Hall–Kier alpha value is -2.33. The number of hydrogen-bond acceptors (Lipinski definition) is 3. The molecule has 0 aromatic heterocycles. The van der Waals surface area contributed by atoms with Crippen molar-refractivity contribution in [2.45, 2.75) is 58.5 Å². The Kier molecular flexibility index (Phi) is 7.32. The molecule has 29 heavy (non-hydrogen) atoms. The van der Waals surface area contributed by atoms with Crippen molar-refractivity contribution in [2.24, 2.45) is 0 Å². The first-order chi connectivity index (χ1) is 13.9. The van der Waals surface area contributed by atoms with Crippen molar-refractivity contribution < 1.29 is 9.53 Å². The third-order valence-corrected chi connectivity index (χ3v) is 5.53. The fraction of sp³-hybridized carbons (Fsp3) is 0.480. The van der Waals surface area contributed by atoms with Crippen molar-refractivity contribution in [2.75, 3.05) is 19.7 Å². The molecule has 4 heteroatoms. The summed E-state index contributed by atoms with van der Waals surface area (Å²) in [7, 11) is 0. The molecule has 1 aliphatic rings. The van der Waals surface area contributed by atoms with Crippen LogP contribution >= 0.6 is 0 Å². The Labute approximate surface area is 175 Å². The predicted octanol–water partition coefficient (Wildman–Crippen LogP) is 4.67. The number of nitrogens with one attached hydrogen (secondary N) is 1. The molecule has 1 fully saturated rings. The third-order valence-electron chi connectivity index (χ3n) is 5.53. The van der Waals surface area contributed by atoms with Gasteiger partial charge in [0, 0.05) is 13.1 Å². The van der Waals surface area contributed by atoms with Gasteiger partial charge in [0.05, 0.1) is 0 Å². The second-order valence-electron chi connectivity index (χ2n) is 8.95. The summed E-state index contributed by atoms with van der Waals surface area (Å²) in [6, 6.07) is 16.4. The maximum Gasteiger partial charge on any atom is 0.258 e. The number of likely N-dealkylation sites (tertiary alicyclic amines) is 1. The largest absolute Gasteiger partial charge is 0.484 e. The first-order valence-electron chi connectivity index (χ1n) is 10.7. The van der Waals surface area contributed by atoms with Gasteiger partial charge in [-0.05, 0) is 60.2 Å². The van der Waals surface area contributed by atoms with E-state index in [2.05, 4.69) is 61.3 Å². The van der Waals surface area contributed by atoms with E-state index in [4.69, 9.17) is 4.74 Å². The van der Waals surface area contributed by atoms with Crippen LogP contribution in [0.15, 0.2) is 48.5 Å². The van der Waals surface area contributed by atoms with Crippen molar-refractivity contribution in [1.29, 1.82) is 0 Å². The van der Waals surface area contributed by atoms with Gasteiger partial charge in [0.15, 0.2) is 6.61 Å². The minimum absolute atomic E-state index is 0.0309. The molecular weight excluding hydrogens is 360 g/mol. The molecule has 0 unspecified atom stereocenters. The summed E-state index contributed by atoms with van der Waals surface area (Å²) in [4.78, 5) is 14.8. The lowest BCUT2D eigenvalue weighted by molar-refractivity contribution is -0.123. The number of amides is 1.